The highest BCUT2D eigenvalue weighted by Crippen LogP contribution is 2.26. The number of amides is 2. The fraction of sp³-hybridized carbons (Fsp3) is 0.333. The van der Waals surface area contributed by atoms with Gasteiger partial charge in [-0.15, -0.1) is 0 Å². The average molecular weight is 615 g/mol. The number of carbonyl (C=O) groups excluding carboxylic acids is 2. The van der Waals surface area contributed by atoms with Crippen LogP contribution in [-0.2, 0) is 26.2 Å². The fourth-order valence-corrected chi connectivity index (χ4v) is 5.82. The van der Waals surface area contributed by atoms with Crippen LogP contribution in [-0.4, -0.2) is 43.3 Å². The molecule has 0 aliphatic rings. The first kappa shape index (κ1) is 30.4. The van der Waals surface area contributed by atoms with Crippen molar-refractivity contribution in [3.63, 3.8) is 0 Å². The van der Waals surface area contributed by atoms with Gasteiger partial charge < -0.3 is 10.2 Å². The Morgan fingerprint density at radius 2 is 1.51 bits per heavy atom. The number of rotatable bonds is 10. The van der Waals surface area contributed by atoms with Crippen LogP contribution in [0.5, 0.6) is 0 Å². The van der Waals surface area contributed by atoms with E-state index in [1.165, 1.54) is 17.0 Å². The van der Waals surface area contributed by atoms with Crippen molar-refractivity contribution in [3.8, 4) is 0 Å². The highest BCUT2D eigenvalue weighted by molar-refractivity contribution is 9.10. The van der Waals surface area contributed by atoms with Crippen molar-refractivity contribution in [3.05, 3.63) is 94.5 Å². The van der Waals surface area contributed by atoms with E-state index in [-0.39, 0.29) is 17.3 Å². The summed E-state index contributed by atoms with van der Waals surface area (Å²) in [4.78, 5) is 29.0. The minimum Gasteiger partial charge on any atom is -0.350 e. The molecule has 2 amide bonds. The standard InChI is InChI=1S/C30H36BrN3O4S/c1-6-27(29(36)32-30(3,4)5)33(20-23-14-12-22(2)13-15-23)28(35)21-34(25-18-16-24(31)17-19-25)39(37,38)26-10-8-7-9-11-26/h7-19,27H,6,20-21H2,1-5H3,(H,32,36)/t27-/m0/s1. The summed E-state index contributed by atoms with van der Waals surface area (Å²) in [6, 6.07) is 21.7. The normalized spacial score (nSPS) is 12.5. The quantitative estimate of drug-likeness (QED) is 0.319. The van der Waals surface area contributed by atoms with Crippen molar-refractivity contribution in [2.45, 2.75) is 64.1 Å². The molecular formula is C30H36BrN3O4S. The van der Waals surface area contributed by atoms with Gasteiger partial charge in [-0.05, 0) is 76.1 Å². The van der Waals surface area contributed by atoms with Gasteiger partial charge in [0.1, 0.15) is 12.6 Å². The van der Waals surface area contributed by atoms with Gasteiger partial charge in [0.25, 0.3) is 10.0 Å². The second kappa shape index (κ2) is 12.8. The van der Waals surface area contributed by atoms with Crippen LogP contribution in [0.1, 0.15) is 45.2 Å². The molecule has 0 saturated carbocycles. The molecule has 0 aliphatic carbocycles. The van der Waals surface area contributed by atoms with Gasteiger partial charge in [0.2, 0.25) is 11.8 Å². The van der Waals surface area contributed by atoms with Crippen molar-refractivity contribution >= 4 is 43.5 Å². The zero-order valence-corrected chi connectivity index (χ0v) is 25.4. The molecule has 0 saturated heterocycles. The van der Waals surface area contributed by atoms with Crippen LogP contribution >= 0.6 is 15.9 Å². The smallest absolute Gasteiger partial charge is 0.264 e. The molecule has 0 unspecified atom stereocenters. The number of benzene rings is 3. The third kappa shape index (κ3) is 8.16. The van der Waals surface area contributed by atoms with Crippen LogP contribution < -0.4 is 9.62 Å². The summed E-state index contributed by atoms with van der Waals surface area (Å²) < 4.78 is 29.5. The summed E-state index contributed by atoms with van der Waals surface area (Å²) in [5.41, 5.74) is 1.77. The van der Waals surface area contributed by atoms with Crippen molar-refractivity contribution in [2.75, 3.05) is 10.8 Å². The average Bonchev–Trinajstić information content (AvgIpc) is 2.88. The Morgan fingerprint density at radius 3 is 2.05 bits per heavy atom. The predicted octanol–water partition coefficient (Wildman–Crippen LogP) is 5.67. The maximum Gasteiger partial charge on any atom is 0.264 e. The van der Waals surface area contributed by atoms with E-state index in [1.54, 1.807) is 42.5 Å². The number of carbonyl (C=O) groups is 2. The van der Waals surface area contributed by atoms with E-state index in [0.717, 1.165) is 19.9 Å². The second-order valence-corrected chi connectivity index (χ2v) is 13.2. The number of hydrogen-bond acceptors (Lipinski definition) is 4. The largest absolute Gasteiger partial charge is 0.350 e. The molecule has 0 aliphatic heterocycles. The molecule has 0 spiro atoms. The van der Waals surface area contributed by atoms with Crippen LogP contribution in [0.3, 0.4) is 0 Å². The van der Waals surface area contributed by atoms with E-state index < -0.39 is 34.1 Å². The van der Waals surface area contributed by atoms with Gasteiger partial charge in [0.15, 0.2) is 0 Å². The first-order chi connectivity index (χ1) is 18.3. The molecule has 3 aromatic carbocycles. The molecule has 0 fully saturated rings. The molecule has 1 atom stereocenters. The van der Waals surface area contributed by atoms with E-state index in [0.29, 0.717) is 12.1 Å². The third-order valence-corrected chi connectivity index (χ3v) is 8.40. The first-order valence-electron chi connectivity index (χ1n) is 12.8. The lowest BCUT2D eigenvalue weighted by Crippen LogP contribution is -2.55. The summed E-state index contributed by atoms with van der Waals surface area (Å²) in [5.74, 6) is -0.763. The fourth-order valence-electron chi connectivity index (χ4n) is 4.12. The maximum absolute atomic E-state index is 14.0. The zero-order chi connectivity index (χ0) is 28.8. The van der Waals surface area contributed by atoms with Crippen LogP contribution in [0.15, 0.2) is 88.2 Å². The minimum atomic E-state index is -4.09. The molecule has 7 nitrogen and oxygen atoms in total. The van der Waals surface area contributed by atoms with Gasteiger partial charge in [-0.1, -0.05) is 70.9 Å². The molecule has 0 heterocycles. The highest BCUT2D eigenvalue weighted by atomic mass is 79.9. The second-order valence-electron chi connectivity index (χ2n) is 10.5. The zero-order valence-electron chi connectivity index (χ0n) is 23.0. The third-order valence-electron chi connectivity index (χ3n) is 6.08. The number of sulfonamides is 1. The van der Waals surface area contributed by atoms with Gasteiger partial charge in [-0.2, -0.15) is 0 Å². The van der Waals surface area contributed by atoms with E-state index >= 15 is 0 Å². The predicted molar refractivity (Wildman–Crippen MR) is 159 cm³/mol. The Balaban J connectivity index is 2.05. The Hall–Kier alpha value is -3.17. The minimum absolute atomic E-state index is 0.0725. The van der Waals surface area contributed by atoms with Crippen LogP contribution in [0.4, 0.5) is 5.69 Å². The molecule has 0 radical (unpaired) electrons. The Labute approximate surface area is 240 Å². The molecule has 3 rings (SSSR count). The van der Waals surface area contributed by atoms with E-state index in [4.69, 9.17) is 0 Å². The van der Waals surface area contributed by atoms with Crippen LogP contribution in [0.2, 0.25) is 0 Å². The monoisotopic (exact) mass is 613 g/mol. The van der Waals surface area contributed by atoms with Gasteiger partial charge in [-0.25, -0.2) is 8.42 Å². The summed E-state index contributed by atoms with van der Waals surface area (Å²) in [6.07, 6.45) is 0.364. The summed E-state index contributed by atoms with van der Waals surface area (Å²) in [7, 11) is -4.09. The van der Waals surface area contributed by atoms with Crippen LogP contribution in [0.25, 0.3) is 0 Å². The SMILES string of the molecule is CC[C@@H](C(=O)NC(C)(C)C)N(Cc1ccc(C)cc1)C(=O)CN(c1ccc(Br)cc1)S(=O)(=O)c1ccccc1. The molecule has 3 aromatic rings. The molecule has 0 aromatic heterocycles. The van der Waals surface area contributed by atoms with Crippen molar-refractivity contribution in [1.82, 2.24) is 10.2 Å². The number of halogens is 1. The van der Waals surface area contributed by atoms with E-state index in [9.17, 15) is 18.0 Å². The topological polar surface area (TPSA) is 86.8 Å². The van der Waals surface area contributed by atoms with Crippen molar-refractivity contribution in [1.29, 1.82) is 0 Å². The highest BCUT2D eigenvalue weighted by Gasteiger charge is 2.34. The van der Waals surface area contributed by atoms with E-state index in [1.807, 2.05) is 58.9 Å². The Kier molecular flexibility index (Phi) is 9.96. The molecule has 39 heavy (non-hydrogen) atoms. The first-order valence-corrected chi connectivity index (χ1v) is 15.1. The van der Waals surface area contributed by atoms with E-state index in [2.05, 4.69) is 21.2 Å². The maximum atomic E-state index is 14.0. The van der Waals surface area contributed by atoms with Gasteiger partial charge >= 0.3 is 0 Å². The number of hydrogen-bond donors (Lipinski definition) is 1. The van der Waals surface area contributed by atoms with Gasteiger partial charge in [0, 0.05) is 16.6 Å². The van der Waals surface area contributed by atoms with Crippen LogP contribution in [0, 0.1) is 6.92 Å². The molecular weight excluding hydrogens is 578 g/mol. The lowest BCUT2D eigenvalue weighted by Gasteiger charge is -2.34. The number of nitrogens with one attached hydrogen (secondary N) is 1. The number of aryl methyl sites for hydroxylation is 1. The lowest BCUT2D eigenvalue weighted by atomic mass is 10.1. The van der Waals surface area contributed by atoms with Gasteiger partial charge in [0.05, 0.1) is 10.6 Å². The number of nitrogens with zero attached hydrogens (tertiary/aromatic N) is 2. The van der Waals surface area contributed by atoms with Gasteiger partial charge in [-0.3, -0.25) is 13.9 Å². The molecule has 0 bridgehead atoms. The Morgan fingerprint density at radius 1 is 0.923 bits per heavy atom. The molecule has 9 heteroatoms. The Bertz CT molecular complexity index is 1370. The summed E-state index contributed by atoms with van der Waals surface area (Å²) in [5, 5.41) is 2.98. The molecule has 208 valence electrons. The van der Waals surface area contributed by atoms with Crippen molar-refractivity contribution < 1.29 is 18.0 Å². The van der Waals surface area contributed by atoms with Crippen molar-refractivity contribution in [2.24, 2.45) is 0 Å². The number of anilines is 1. The summed E-state index contributed by atoms with van der Waals surface area (Å²) in [6.45, 7) is 9.15. The molecule has 1 N–H and O–H groups in total. The summed E-state index contributed by atoms with van der Waals surface area (Å²) >= 11 is 3.39. The lowest BCUT2D eigenvalue weighted by molar-refractivity contribution is -0.141.